The van der Waals surface area contributed by atoms with Crippen molar-refractivity contribution in [2.75, 3.05) is 13.7 Å². The number of hydrogen-bond donors (Lipinski definition) is 0. The van der Waals surface area contributed by atoms with Crippen molar-refractivity contribution in [3.8, 4) is 11.5 Å². The Morgan fingerprint density at radius 1 is 1.07 bits per heavy atom. The first-order valence-corrected chi connectivity index (χ1v) is 13.7. The predicted octanol–water partition coefficient (Wildman–Crippen LogP) is 7.25. The quantitative estimate of drug-likeness (QED) is 0.174. The lowest BCUT2D eigenvalue weighted by atomic mass is 10.0. The predicted molar refractivity (Wildman–Crippen MR) is 153 cm³/mol. The number of nitrogens with zero attached hydrogens (tertiary/aromatic N) is 1. The number of hydrogen-bond acceptors (Lipinski definition) is 6. The third-order valence-electron chi connectivity index (χ3n) is 6.83. The first-order valence-electron chi connectivity index (χ1n) is 13.7. The molecule has 0 saturated carbocycles. The summed E-state index contributed by atoms with van der Waals surface area (Å²) in [5.74, 6) is -0.373. The second-order valence-electron chi connectivity index (χ2n) is 10.4. The van der Waals surface area contributed by atoms with Gasteiger partial charge in [-0.2, -0.15) is 0 Å². The molecule has 1 aliphatic carbocycles. The molecule has 0 N–H and O–H groups in total. The molecule has 42 heavy (non-hydrogen) atoms. The van der Waals surface area contributed by atoms with Gasteiger partial charge < -0.3 is 23.5 Å². The fourth-order valence-corrected chi connectivity index (χ4v) is 4.90. The molecule has 0 saturated heterocycles. The Kier molecular flexibility index (Phi) is 9.46. The molecule has 0 aliphatic heterocycles. The fraction of sp³-hybridized carbons (Fsp3) is 0.375. The molecule has 4 rings (SSSR count). The molecule has 1 aromatic heterocycles. The molecule has 0 bridgehead atoms. The average molecular weight is 586 g/mol. The van der Waals surface area contributed by atoms with Crippen molar-refractivity contribution in [3.63, 3.8) is 0 Å². The number of halogens is 3. The molecule has 0 fully saturated rings. The number of alkyl halides is 3. The van der Waals surface area contributed by atoms with Gasteiger partial charge in [-0.3, -0.25) is 4.79 Å². The second kappa shape index (κ2) is 12.9. The zero-order valence-electron chi connectivity index (χ0n) is 24.2. The summed E-state index contributed by atoms with van der Waals surface area (Å²) in [7, 11) is 1.52. The number of ether oxygens (including phenoxy) is 4. The van der Waals surface area contributed by atoms with Crippen LogP contribution in [0.1, 0.15) is 55.2 Å². The summed E-state index contributed by atoms with van der Waals surface area (Å²) >= 11 is 0. The third kappa shape index (κ3) is 7.05. The summed E-state index contributed by atoms with van der Waals surface area (Å²) in [4.78, 5) is 26.3. The minimum atomic E-state index is -4.88. The molecule has 0 radical (unpaired) electrons. The van der Waals surface area contributed by atoms with Crippen LogP contribution in [0.4, 0.5) is 13.2 Å². The second-order valence-corrected chi connectivity index (χ2v) is 10.4. The number of aromatic nitrogens is 1. The molecule has 2 atom stereocenters. The molecule has 10 heteroatoms. The van der Waals surface area contributed by atoms with E-state index < -0.39 is 30.3 Å². The molecule has 7 nitrogen and oxygen atoms in total. The zero-order valence-corrected chi connectivity index (χ0v) is 24.2. The first-order chi connectivity index (χ1) is 19.9. The van der Waals surface area contributed by atoms with Gasteiger partial charge in [0.2, 0.25) is 0 Å². The maximum Gasteiger partial charge on any atom is 0.573 e. The number of esters is 1. The van der Waals surface area contributed by atoms with Crippen molar-refractivity contribution in [2.45, 2.75) is 59.1 Å². The normalized spacial score (nSPS) is 15.9. The Balaban J connectivity index is 1.72. The van der Waals surface area contributed by atoms with Crippen molar-refractivity contribution in [1.82, 2.24) is 4.57 Å². The van der Waals surface area contributed by atoms with E-state index in [4.69, 9.17) is 14.2 Å². The first kappa shape index (κ1) is 30.9. The van der Waals surface area contributed by atoms with Crippen LogP contribution >= 0.6 is 0 Å². The van der Waals surface area contributed by atoms with Gasteiger partial charge in [-0.1, -0.05) is 32.9 Å². The topological polar surface area (TPSA) is 76.0 Å². The molecule has 2 aromatic carbocycles. The van der Waals surface area contributed by atoms with Gasteiger partial charge in [0.05, 0.1) is 30.9 Å². The summed E-state index contributed by atoms with van der Waals surface area (Å²) in [6, 6.07) is 10.5. The molecule has 224 valence electrons. The number of allylic oxidation sites excluding steroid dienone is 2. The molecule has 1 heterocycles. The SMILES string of the molecule is CC[C@@H](OC1C=CC=C(n2c(C)c(C(=O)c3ccc(OC)cc3)c3ccc(OC(F)(F)F)cc32)C1)C(=O)OCC(C)C. The van der Waals surface area contributed by atoms with Crippen LogP contribution in [0.15, 0.2) is 60.7 Å². The Morgan fingerprint density at radius 2 is 1.76 bits per heavy atom. The summed E-state index contributed by atoms with van der Waals surface area (Å²) in [5.41, 5.74) is 2.34. The van der Waals surface area contributed by atoms with Crippen LogP contribution in [-0.2, 0) is 14.3 Å². The van der Waals surface area contributed by atoms with Crippen molar-refractivity contribution < 1.29 is 41.7 Å². The lowest BCUT2D eigenvalue weighted by molar-refractivity contribution is -0.274. The van der Waals surface area contributed by atoms with Gasteiger partial charge in [-0.15, -0.1) is 13.2 Å². The smallest absolute Gasteiger partial charge is 0.497 e. The number of carbonyl (C=O) groups is 2. The number of benzene rings is 2. The summed E-state index contributed by atoms with van der Waals surface area (Å²) < 4.78 is 61.9. The molecule has 0 amide bonds. The van der Waals surface area contributed by atoms with E-state index in [9.17, 15) is 22.8 Å². The van der Waals surface area contributed by atoms with Gasteiger partial charge in [0.1, 0.15) is 11.5 Å². The maximum atomic E-state index is 13.7. The summed E-state index contributed by atoms with van der Waals surface area (Å²) in [6.45, 7) is 7.74. The van der Waals surface area contributed by atoms with Crippen molar-refractivity contribution >= 4 is 28.4 Å². The summed E-state index contributed by atoms with van der Waals surface area (Å²) in [6.07, 6.45) is -0.0731. The highest BCUT2D eigenvalue weighted by Crippen LogP contribution is 2.37. The highest BCUT2D eigenvalue weighted by molar-refractivity contribution is 6.18. The van der Waals surface area contributed by atoms with E-state index in [0.717, 1.165) is 0 Å². The molecule has 3 aromatic rings. The third-order valence-corrected chi connectivity index (χ3v) is 6.83. The maximum absolute atomic E-state index is 13.7. The van der Waals surface area contributed by atoms with Gasteiger partial charge in [0, 0.05) is 34.8 Å². The van der Waals surface area contributed by atoms with Crippen LogP contribution in [0.3, 0.4) is 0 Å². The van der Waals surface area contributed by atoms with Gasteiger partial charge in [-0.25, -0.2) is 4.79 Å². The number of methoxy groups -OCH3 is 1. The zero-order chi connectivity index (χ0) is 30.6. The van der Waals surface area contributed by atoms with E-state index in [1.807, 2.05) is 32.9 Å². The van der Waals surface area contributed by atoms with Gasteiger partial charge in [-0.05, 0) is 61.7 Å². The van der Waals surface area contributed by atoms with Crippen LogP contribution in [0.5, 0.6) is 11.5 Å². The van der Waals surface area contributed by atoms with Crippen molar-refractivity contribution in [1.29, 1.82) is 0 Å². The molecular weight excluding hydrogens is 551 g/mol. The lowest BCUT2D eigenvalue weighted by Crippen LogP contribution is -2.31. The molecule has 1 unspecified atom stereocenters. The van der Waals surface area contributed by atoms with Crippen molar-refractivity contribution in [2.24, 2.45) is 5.92 Å². The minimum absolute atomic E-state index is 0.182. The van der Waals surface area contributed by atoms with E-state index in [1.165, 1.54) is 25.3 Å². The van der Waals surface area contributed by atoms with Crippen LogP contribution in [0.2, 0.25) is 0 Å². The van der Waals surface area contributed by atoms with Gasteiger partial charge >= 0.3 is 12.3 Å². The Labute approximate surface area is 242 Å². The average Bonchev–Trinajstić information content (AvgIpc) is 3.24. The van der Waals surface area contributed by atoms with Crippen molar-refractivity contribution in [3.05, 3.63) is 77.5 Å². The Morgan fingerprint density at radius 3 is 2.38 bits per heavy atom. The fourth-order valence-electron chi connectivity index (χ4n) is 4.90. The van der Waals surface area contributed by atoms with Crippen LogP contribution in [0, 0.1) is 12.8 Å². The number of carbonyl (C=O) groups excluding carboxylic acids is 2. The largest absolute Gasteiger partial charge is 0.573 e. The molecule has 0 spiro atoms. The lowest BCUT2D eigenvalue weighted by Gasteiger charge is -2.25. The molecule has 1 aliphatic rings. The van der Waals surface area contributed by atoms with E-state index in [-0.39, 0.29) is 18.3 Å². The Hall–Kier alpha value is -4.05. The highest BCUT2D eigenvalue weighted by Gasteiger charge is 2.32. The molecular formula is C32H34F3NO6. The number of ketones is 1. The number of rotatable bonds is 11. The van der Waals surface area contributed by atoms with E-state index in [2.05, 4.69) is 4.74 Å². The van der Waals surface area contributed by atoms with E-state index in [0.29, 0.717) is 52.0 Å². The highest BCUT2D eigenvalue weighted by atomic mass is 19.4. The van der Waals surface area contributed by atoms with Crippen LogP contribution in [-0.4, -0.2) is 48.6 Å². The van der Waals surface area contributed by atoms with Crippen LogP contribution in [0.25, 0.3) is 16.6 Å². The monoisotopic (exact) mass is 585 g/mol. The summed E-state index contributed by atoms with van der Waals surface area (Å²) in [5, 5.41) is 0.472. The van der Waals surface area contributed by atoms with Gasteiger partial charge in [0.15, 0.2) is 11.9 Å². The minimum Gasteiger partial charge on any atom is -0.497 e. The van der Waals surface area contributed by atoms with Gasteiger partial charge in [0.25, 0.3) is 0 Å². The van der Waals surface area contributed by atoms with E-state index in [1.54, 1.807) is 41.8 Å². The standard InChI is InChI=1S/C32H34F3NO6/c1-6-28(31(38)40-18-19(2)3)41-24-9-7-8-22(16-24)36-20(4)29(30(37)21-10-12-23(39-5)13-11-21)26-15-14-25(17-27(26)36)42-32(33,34)35/h7-15,17,19,24,28H,6,16,18H2,1-5H3/t24?,28-/m1/s1. The Bertz CT molecular complexity index is 1500. The van der Waals surface area contributed by atoms with E-state index >= 15 is 0 Å². The van der Waals surface area contributed by atoms with Crippen LogP contribution < -0.4 is 9.47 Å². The number of fused-ring (bicyclic) bond motifs is 1.